The molecule has 0 aliphatic rings. The third-order valence-corrected chi connectivity index (χ3v) is 4.68. The first-order valence-corrected chi connectivity index (χ1v) is 8.74. The molecule has 26 heavy (non-hydrogen) atoms. The zero-order valence-corrected chi connectivity index (χ0v) is 15.4. The van der Waals surface area contributed by atoms with E-state index in [2.05, 4.69) is 5.32 Å². The highest BCUT2D eigenvalue weighted by Crippen LogP contribution is 2.31. The van der Waals surface area contributed by atoms with Crippen molar-refractivity contribution in [2.45, 2.75) is 20.0 Å². The lowest BCUT2D eigenvalue weighted by atomic mass is 9.99. The number of aryl methyl sites for hydroxylation is 2. The number of rotatable bonds is 4. The highest BCUT2D eigenvalue weighted by Gasteiger charge is 2.17. The molecule has 0 fully saturated rings. The van der Waals surface area contributed by atoms with Gasteiger partial charge in [-0.1, -0.05) is 48.0 Å². The fourth-order valence-electron chi connectivity index (χ4n) is 2.77. The molecule has 3 rings (SSSR count). The Morgan fingerprint density at radius 2 is 1.69 bits per heavy atom. The smallest absolute Gasteiger partial charge is 0.255 e. The first-order valence-electron chi connectivity index (χ1n) is 8.37. The van der Waals surface area contributed by atoms with Crippen LogP contribution < -0.4 is 5.32 Å². The summed E-state index contributed by atoms with van der Waals surface area (Å²) < 4.78 is 0. The van der Waals surface area contributed by atoms with Crippen LogP contribution in [-0.2, 0) is 0 Å². The van der Waals surface area contributed by atoms with E-state index in [-0.39, 0.29) is 5.91 Å². The van der Waals surface area contributed by atoms with E-state index in [9.17, 15) is 9.90 Å². The van der Waals surface area contributed by atoms with Gasteiger partial charge in [0.05, 0.1) is 0 Å². The summed E-state index contributed by atoms with van der Waals surface area (Å²) in [4.78, 5) is 12.6. The SMILES string of the molecule is Cc1ccc(C(=O)Nc2ccc(Cl)cc2C(O)c2ccccc2)cc1C. The topological polar surface area (TPSA) is 49.3 Å². The van der Waals surface area contributed by atoms with Crippen LogP contribution >= 0.6 is 11.6 Å². The number of benzene rings is 3. The van der Waals surface area contributed by atoms with Crippen LogP contribution in [0, 0.1) is 13.8 Å². The maximum atomic E-state index is 12.6. The molecule has 3 aromatic carbocycles. The number of hydrogen-bond donors (Lipinski definition) is 2. The van der Waals surface area contributed by atoms with Crippen LogP contribution in [-0.4, -0.2) is 11.0 Å². The Labute approximate surface area is 158 Å². The third kappa shape index (κ3) is 3.96. The summed E-state index contributed by atoms with van der Waals surface area (Å²) in [7, 11) is 0. The number of amides is 1. The van der Waals surface area contributed by atoms with Crippen LogP contribution in [0.5, 0.6) is 0 Å². The van der Waals surface area contributed by atoms with Gasteiger partial charge in [0.15, 0.2) is 0 Å². The molecular weight excluding hydrogens is 346 g/mol. The molecule has 0 spiro atoms. The van der Waals surface area contributed by atoms with Gasteiger partial charge in [0.1, 0.15) is 6.10 Å². The summed E-state index contributed by atoms with van der Waals surface area (Å²) >= 11 is 6.12. The molecule has 0 radical (unpaired) electrons. The molecule has 132 valence electrons. The molecule has 1 amide bonds. The first-order chi connectivity index (χ1) is 12.5. The van der Waals surface area contributed by atoms with Crippen LogP contribution in [0.3, 0.4) is 0 Å². The zero-order chi connectivity index (χ0) is 18.7. The van der Waals surface area contributed by atoms with Crippen LogP contribution in [0.25, 0.3) is 0 Å². The summed E-state index contributed by atoms with van der Waals surface area (Å²) in [5.41, 5.74) is 4.58. The van der Waals surface area contributed by atoms with Crippen LogP contribution in [0.4, 0.5) is 5.69 Å². The monoisotopic (exact) mass is 365 g/mol. The molecule has 0 heterocycles. The average Bonchev–Trinajstić information content (AvgIpc) is 2.65. The molecule has 0 saturated heterocycles. The van der Waals surface area contributed by atoms with E-state index in [0.29, 0.717) is 21.8 Å². The zero-order valence-electron chi connectivity index (χ0n) is 14.7. The maximum Gasteiger partial charge on any atom is 0.255 e. The predicted molar refractivity (Wildman–Crippen MR) is 106 cm³/mol. The minimum Gasteiger partial charge on any atom is -0.384 e. The normalized spacial score (nSPS) is 11.8. The van der Waals surface area contributed by atoms with Gasteiger partial charge in [0, 0.05) is 21.8 Å². The lowest BCUT2D eigenvalue weighted by Gasteiger charge is -2.17. The Bertz CT molecular complexity index is 938. The summed E-state index contributed by atoms with van der Waals surface area (Å²) in [5.74, 6) is -0.225. The molecule has 0 saturated carbocycles. The number of anilines is 1. The number of carbonyl (C=O) groups excluding carboxylic acids is 1. The van der Waals surface area contributed by atoms with Crippen LogP contribution in [0.15, 0.2) is 66.7 Å². The lowest BCUT2D eigenvalue weighted by molar-refractivity contribution is 0.102. The highest BCUT2D eigenvalue weighted by molar-refractivity contribution is 6.30. The van der Waals surface area contributed by atoms with Crippen molar-refractivity contribution in [3.05, 3.63) is 99.6 Å². The Kier molecular flexibility index (Phi) is 5.40. The Hall–Kier alpha value is -2.62. The molecule has 4 heteroatoms. The summed E-state index contributed by atoms with van der Waals surface area (Å²) in [5, 5.41) is 14.1. The molecule has 0 aliphatic carbocycles. The number of nitrogens with one attached hydrogen (secondary N) is 1. The third-order valence-electron chi connectivity index (χ3n) is 4.44. The van der Waals surface area contributed by atoms with Gasteiger partial charge in [0.2, 0.25) is 0 Å². The van der Waals surface area contributed by atoms with Crippen molar-refractivity contribution in [1.29, 1.82) is 0 Å². The first kappa shape index (κ1) is 18.2. The van der Waals surface area contributed by atoms with Crippen molar-refractivity contribution in [2.75, 3.05) is 5.32 Å². The van der Waals surface area contributed by atoms with E-state index < -0.39 is 6.10 Å². The van der Waals surface area contributed by atoms with Gasteiger partial charge in [-0.15, -0.1) is 0 Å². The largest absolute Gasteiger partial charge is 0.384 e. The molecular formula is C22H20ClNO2. The molecule has 2 N–H and O–H groups in total. The van der Waals surface area contributed by atoms with E-state index in [4.69, 9.17) is 11.6 Å². The second-order valence-corrected chi connectivity index (χ2v) is 6.73. The van der Waals surface area contributed by atoms with Gasteiger partial charge in [-0.2, -0.15) is 0 Å². The van der Waals surface area contributed by atoms with Gasteiger partial charge in [0.25, 0.3) is 5.91 Å². The number of aliphatic hydroxyl groups is 1. The van der Waals surface area contributed by atoms with Crippen molar-refractivity contribution < 1.29 is 9.90 Å². The van der Waals surface area contributed by atoms with Crippen LogP contribution in [0.2, 0.25) is 5.02 Å². The molecule has 1 unspecified atom stereocenters. The van der Waals surface area contributed by atoms with Crippen molar-refractivity contribution >= 4 is 23.2 Å². The van der Waals surface area contributed by atoms with Gasteiger partial charge in [-0.25, -0.2) is 0 Å². The average molecular weight is 366 g/mol. The number of carbonyl (C=O) groups is 1. The molecule has 0 aromatic heterocycles. The minimum atomic E-state index is -0.884. The molecule has 3 aromatic rings. The van der Waals surface area contributed by atoms with Gasteiger partial charge >= 0.3 is 0 Å². The summed E-state index contributed by atoms with van der Waals surface area (Å²) in [6.45, 7) is 3.98. The quantitative estimate of drug-likeness (QED) is 0.659. The Morgan fingerprint density at radius 3 is 2.38 bits per heavy atom. The van der Waals surface area contributed by atoms with Crippen molar-refractivity contribution in [3.63, 3.8) is 0 Å². The van der Waals surface area contributed by atoms with Crippen molar-refractivity contribution in [1.82, 2.24) is 0 Å². The Balaban J connectivity index is 1.92. The number of halogens is 1. The minimum absolute atomic E-state index is 0.225. The number of hydrogen-bond acceptors (Lipinski definition) is 2. The predicted octanol–water partition coefficient (Wildman–Crippen LogP) is 5.29. The van der Waals surface area contributed by atoms with E-state index in [1.165, 1.54) is 0 Å². The fourth-order valence-corrected chi connectivity index (χ4v) is 2.95. The van der Waals surface area contributed by atoms with Crippen LogP contribution in [0.1, 0.15) is 38.7 Å². The lowest BCUT2D eigenvalue weighted by Crippen LogP contribution is -2.15. The molecule has 1 atom stereocenters. The number of aliphatic hydroxyl groups excluding tert-OH is 1. The van der Waals surface area contributed by atoms with Crippen molar-refractivity contribution in [2.24, 2.45) is 0 Å². The molecule has 3 nitrogen and oxygen atoms in total. The van der Waals surface area contributed by atoms with E-state index in [0.717, 1.165) is 16.7 Å². The fraction of sp³-hybridized carbons (Fsp3) is 0.136. The van der Waals surface area contributed by atoms with E-state index >= 15 is 0 Å². The standard InChI is InChI=1S/C22H20ClNO2/c1-14-8-9-17(12-15(14)2)22(26)24-20-11-10-18(23)13-19(20)21(25)16-6-4-3-5-7-16/h3-13,21,25H,1-2H3,(H,24,26). The summed E-state index contributed by atoms with van der Waals surface area (Å²) in [6.07, 6.45) is -0.884. The van der Waals surface area contributed by atoms with E-state index in [1.54, 1.807) is 24.3 Å². The molecule has 0 aliphatic heterocycles. The van der Waals surface area contributed by atoms with Crippen molar-refractivity contribution in [3.8, 4) is 0 Å². The van der Waals surface area contributed by atoms with Gasteiger partial charge in [-0.3, -0.25) is 4.79 Å². The maximum absolute atomic E-state index is 12.6. The van der Waals surface area contributed by atoms with Gasteiger partial charge in [-0.05, 0) is 60.9 Å². The second kappa shape index (κ2) is 7.73. The highest BCUT2D eigenvalue weighted by atomic mass is 35.5. The summed E-state index contributed by atoms with van der Waals surface area (Å²) in [6, 6.07) is 19.9. The Morgan fingerprint density at radius 1 is 0.962 bits per heavy atom. The van der Waals surface area contributed by atoms with Gasteiger partial charge < -0.3 is 10.4 Å². The van der Waals surface area contributed by atoms with E-state index in [1.807, 2.05) is 56.3 Å². The second-order valence-electron chi connectivity index (χ2n) is 6.30. The molecule has 0 bridgehead atoms.